The van der Waals surface area contributed by atoms with Gasteiger partial charge in [-0.3, -0.25) is 9.59 Å². The maximum atomic E-state index is 13.2. The molecule has 8 nitrogen and oxygen atoms in total. The minimum atomic E-state index is -3.88. The number of aryl methyl sites for hydroxylation is 1. The van der Waals surface area contributed by atoms with E-state index in [1.807, 2.05) is 0 Å². The normalized spacial score (nSPS) is 19.8. The number of carbonyl (C=O) groups is 2. The molecule has 2 amide bonds. The number of carbonyl (C=O) groups excluding carboxylic acids is 2. The summed E-state index contributed by atoms with van der Waals surface area (Å²) in [6.07, 6.45) is 1.34. The van der Waals surface area contributed by atoms with Crippen molar-refractivity contribution < 1.29 is 27.5 Å². The number of piperidine rings is 1. The first kappa shape index (κ1) is 24.2. The van der Waals surface area contributed by atoms with Crippen molar-refractivity contribution in [3.05, 3.63) is 59.4 Å². The largest absolute Gasteiger partial charge is 0.507 e. The molecule has 0 aromatic heterocycles. The molecular formula is C24H28FN3O5S. The fraction of sp³-hybridized carbons (Fsp3) is 0.417. The van der Waals surface area contributed by atoms with Gasteiger partial charge in [-0.1, -0.05) is 6.07 Å². The van der Waals surface area contributed by atoms with Crippen LogP contribution in [0.25, 0.3) is 0 Å². The van der Waals surface area contributed by atoms with Crippen molar-refractivity contribution in [2.45, 2.75) is 24.7 Å². The number of hydrogen-bond donors (Lipinski definition) is 1. The summed E-state index contributed by atoms with van der Waals surface area (Å²) < 4.78 is 40.5. The second-order valence-corrected chi connectivity index (χ2v) is 10.7. The van der Waals surface area contributed by atoms with E-state index in [2.05, 4.69) is 0 Å². The summed E-state index contributed by atoms with van der Waals surface area (Å²) in [4.78, 5) is 29.1. The number of aromatic hydroxyl groups is 1. The topological polar surface area (TPSA) is 98.2 Å². The third kappa shape index (κ3) is 4.92. The van der Waals surface area contributed by atoms with Crippen molar-refractivity contribution in [3.8, 4) is 5.75 Å². The van der Waals surface area contributed by atoms with Crippen LogP contribution in [0.5, 0.6) is 5.75 Å². The molecule has 2 aliphatic heterocycles. The zero-order valence-corrected chi connectivity index (χ0v) is 19.8. The van der Waals surface area contributed by atoms with Gasteiger partial charge in [-0.2, -0.15) is 4.31 Å². The van der Waals surface area contributed by atoms with Gasteiger partial charge in [-0.05, 0) is 61.7 Å². The van der Waals surface area contributed by atoms with E-state index < -0.39 is 15.8 Å². The molecule has 34 heavy (non-hydrogen) atoms. The lowest BCUT2D eigenvalue weighted by atomic mass is 9.95. The monoisotopic (exact) mass is 489 g/mol. The Bertz CT molecular complexity index is 1180. The predicted molar refractivity (Wildman–Crippen MR) is 123 cm³/mol. The lowest BCUT2D eigenvalue weighted by molar-refractivity contribution is -0.138. The second kappa shape index (κ2) is 9.71. The van der Waals surface area contributed by atoms with Crippen LogP contribution in [0.1, 0.15) is 28.8 Å². The SMILES string of the molecule is Cc1ccc(O)c(S(=O)(=O)N2CCN(C(=O)C3CCCN(C(=O)c4ccc(F)cc4)C3)CC2)c1. The number of phenols is 1. The average molecular weight is 490 g/mol. The van der Waals surface area contributed by atoms with Crippen molar-refractivity contribution in [2.24, 2.45) is 5.92 Å². The summed E-state index contributed by atoms with van der Waals surface area (Å²) in [5, 5.41) is 10.1. The van der Waals surface area contributed by atoms with Gasteiger partial charge in [0.2, 0.25) is 15.9 Å². The zero-order valence-electron chi connectivity index (χ0n) is 19.0. The van der Waals surface area contributed by atoms with E-state index in [0.717, 1.165) is 5.56 Å². The quantitative estimate of drug-likeness (QED) is 0.710. The van der Waals surface area contributed by atoms with Crippen LogP contribution < -0.4 is 0 Å². The lowest BCUT2D eigenvalue weighted by Gasteiger charge is -2.38. The van der Waals surface area contributed by atoms with Crippen molar-refractivity contribution in [2.75, 3.05) is 39.3 Å². The Morgan fingerprint density at radius 3 is 2.32 bits per heavy atom. The lowest BCUT2D eigenvalue weighted by Crippen LogP contribution is -2.54. The van der Waals surface area contributed by atoms with Gasteiger partial charge in [-0.15, -0.1) is 0 Å². The highest BCUT2D eigenvalue weighted by molar-refractivity contribution is 7.89. The minimum Gasteiger partial charge on any atom is -0.507 e. The van der Waals surface area contributed by atoms with Gasteiger partial charge >= 0.3 is 0 Å². The van der Waals surface area contributed by atoms with Gasteiger partial charge < -0.3 is 14.9 Å². The fourth-order valence-corrected chi connectivity index (χ4v) is 6.10. The standard InChI is InChI=1S/C24H28FN3O5S/c1-17-4-9-21(29)22(15-17)34(32,33)28-13-11-26(12-14-28)24(31)19-3-2-10-27(16-19)23(30)18-5-7-20(25)8-6-18/h4-9,15,19,29H,2-3,10-14,16H2,1H3. The molecule has 4 rings (SSSR count). The smallest absolute Gasteiger partial charge is 0.253 e. The zero-order chi connectivity index (χ0) is 24.5. The van der Waals surface area contributed by atoms with E-state index in [4.69, 9.17) is 0 Å². The number of amides is 2. The van der Waals surface area contributed by atoms with E-state index in [0.29, 0.717) is 24.9 Å². The van der Waals surface area contributed by atoms with E-state index in [-0.39, 0.29) is 61.1 Å². The van der Waals surface area contributed by atoms with E-state index >= 15 is 0 Å². The maximum Gasteiger partial charge on any atom is 0.253 e. The Balaban J connectivity index is 1.38. The first-order chi connectivity index (χ1) is 16.2. The first-order valence-corrected chi connectivity index (χ1v) is 12.7. The number of nitrogens with zero attached hydrogens (tertiary/aromatic N) is 3. The van der Waals surface area contributed by atoms with Gasteiger partial charge in [0, 0.05) is 44.8 Å². The Labute approximate surface area is 198 Å². The Morgan fingerprint density at radius 1 is 0.971 bits per heavy atom. The molecule has 10 heteroatoms. The molecule has 1 unspecified atom stereocenters. The van der Waals surface area contributed by atoms with Crippen LogP contribution in [-0.4, -0.2) is 78.7 Å². The molecule has 0 spiro atoms. The molecule has 2 saturated heterocycles. The summed E-state index contributed by atoms with van der Waals surface area (Å²) >= 11 is 0. The third-order valence-corrected chi connectivity index (χ3v) is 8.36. The number of rotatable bonds is 4. The Kier molecular flexibility index (Phi) is 6.90. The molecule has 0 bridgehead atoms. The summed E-state index contributed by atoms with van der Waals surface area (Å²) in [6, 6.07) is 9.80. The Morgan fingerprint density at radius 2 is 1.65 bits per heavy atom. The molecule has 2 aromatic carbocycles. The third-order valence-electron chi connectivity index (χ3n) is 6.43. The molecule has 2 aromatic rings. The predicted octanol–water partition coefficient (Wildman–Crippen LogP) is 2.23. The van der Waals surface area contributed by atoms with Crippen LogP contribution in [0, 0.1) is 18.7 Å². The summed E-state index contributed by atoms with van der Waals surface area (Å²) in [5.41, 5.74) is 1.11. The van der Waals surface area contributed by atoms with Crippen LogP contribution in [-0.2, 0) is 14.8 Å². The molecule has 1 atom stereocenters. The highest BCUT2D eigenvalue weighted by Crippen LogP contribution is 2.28. The Hall–Kier alpha value is -2.98. The van der Waals surface area contributed by atoms with Crippen LogP contribution >= 0.6 is 0 Å². The molecule has 182 valence electrons. The van der Waals surface area contributed by atoms with Crippen LogP contribution in [0.15, 0.2) is 47.4 Å². The van der Waals surface area contributed by atoms with E-state index in [1.54, 1.807) is 22.8 Å². The number of piperazine rings is 1. The van der Waals surface area contributed by atoms with Gasteiger partial charge in [0.15, 0.2) is 0 Å². The highest BCUT2D eigenvalue weighted by atomic mass is 32.2. The van der Waals surface area contributed by atoms with Crippen LogP contribution in [0.3, 0.4) is 0 Å². The summed E-state index contributed by atoms with van der Waals surface area (Å²) in [5.74, 6) is -1.39. The molecule has 0 saturated carbocycles. The molecule has 0 aliphatic carbocycles. The van der Waals surface area contributed by atoms with Crippen molar-refractivity contribution >= 4 is 21.8 Å². The van der Waals surface area contributed by atoms with Crippen molar-refractivity contribution in [1.29, 1.82) is 0 Å². The van der Waals surface area contributed by atoms with Crippen LogP contribution in [0.2, 0.25) is 0 Å². The minimum absolute atomic E-state index is 0.0907. The molecule has 0 radical (unpaired) electrons. The van der Waals surface area contributed by atoms with Gasteiger partial charge in [0.05, 0.1) is 5.92 Å². The summed E-state index contributed by atoms with van der Waals surface area (Å²) in [6.45, 7) is 3.32. The summed E-state index contributed by atoms with van der Waals surface area (Å²) in [7, 11) is -3.88. The van der Waals surface area contributed by atoms with Gasteiger partial charge in [0.25, 0.3) is 5.91 Å². The molecule has 2 aliphatic rings. The van der Waals surface area contributed by atoms with Gasteiger partial charge in [0.1, 0.15) is 16.5 Å². The fourth-order valence-electron chi connectivity index (χ4n) is 4.51. The molecule has 1 N–H and O–H groups in total. The average Bonchev–Trinajstić information content (AvgIpc) is 2.85. The van der Waals surface area contributed by atoms with E-state index in [9.17, 15) is 27.5 Å². The number of hydrogen-bond acceptors (Lipinski definition) is 5. The number of halogens is 1. The maximum absolute atomic E-state index is 13.2. The van der Waals surface area contributed by atoms with Crippen molar-refractivity contribution in [3.63, 3.8) is 0 Å². The number of phenolic OH excluding ortho intramolecular Hbond substituents is 1. The second-order valence-electron chi connectivity index (χ2n) is 8.80. The first-order valence-electron chi connectivity index (χ1n) is 11.3. The van der Waals surface area contributed by atoms with Crippen molar-refractivity contribution in [1.82, 2.24) is 14.1 Å². The molecule has 2 heterocycles. The number of sulfonamides is 1. The van der Waals surface area contributed by atoms with E-state index in [1.165, 1.54) is 40.7 Å². The van der Waals surface area contributed by atoms with Gasteiger partial charge in [-0.25, -0.2) is 12.8 Å². The number of benzene rings is 2. The molecular weight excluding hydrogens is 461 g/mol. The molecule has 2 fully saturated rings. The number of likely N-dealkylation sites (tertiary alicyclic amines) is 1. The van der Waals surface area contributed by atoms with Crippen LogP contribution in [0.4, 0.5) is 4.39 Å². The highest BCUT2D eigenvalue weighted by Gasteiger charge is 2.36.